The highest BCUT2D eigenvalue weighted by atomic mass is 16.5. The second-order valence-corrected chi connectivity index (χ2v) is 5.40. The highest BCUT2D eigenvalue weighted by Gasteiger charge is 2.23. The summed E-state index contributed by atoms with van der Waals surface area (Å²) >= 11 is 0. The van der Waals surface area contributed by atoms with Gasteiger partial charge in [0.2, 0.25) is 0 Å². The molecule has 5 nitrogen and oxygen atoms in total. The molecule has 1 aromatic heterocycles. The van der Waals surface area contributed by atoms with Crippen LogP contribution in [0.25, 0.3) is 0 Å². The van der Waals surface area contributed by atoms with Crippen molar-refractivity contribution in [3.63, 3.8) is 0 Å². The van der Waals surface area contributed by atoms with Gasteiger partial charge in [0, 0.05) is 18.8 Å². The Kier molecular flexibility index (Phi) is 4.44. The smallest absolute Gasteiger partial charge is 0.272 e. The maximum atomic E-state index is 12.5. The van der Waals surface area contributed by atoms with E-state index in [1.54, 1.807) is 6.07 Å². The molecular weight excluding hydrogens is 278 g/mol. The van der Waals surface area contributed by atoms with E-state index in [0.29, 0.717) is 25.4 Å². The minimum atomic E-state index is -0.0530. The van der Waals surface area contributed by atoms with Crippen LogP contribution in [0.3, 0.4) is 0 Å². The van der Waals surface area contributed by atoms with E-state index in [4.69, 9.17) is 4.74 Å². The molecule has 0 spiro atoms. The van der Waals surface area contributed by atoms with Gasteiger partial charge in [0.1, 0.15) is 12.0 Å². The number of aromatic nitrogens is 2. The van der Waals surface area contributed by atoms with Gasteiger partial charge < -0.3 is 9.64 Å². The molecule has 1 fully saturated rings. The molecule has 1 aliphatic rings. The van der Waals surface area contributed by atoms with Crippen LogP contribution in [-0.2, 0) is 4.74 Å². The van der Waals surface area contributed by atoms with Crippen LogP contribution in [0, 0.1) is 6.92 Å². The Morgan fingerprint density at radius 3 is 2.82 bits per heavy atom. The van der Waals surface area contributed by atoms with Crippen molar-refractivity contribution in [2.45, 2.75) is 19.4 Å². The van der Waals surface area contributed by atoms with Gasteiger partial charge in [0.15, 0.2) is 0 Å². The molecule has 1 unspecified atom stereocenters. The van der Waals surface area contributed by atoms with Gasteiger partial charge >= 0.3 is 0 Å². The number of hydrogen-bond acceptors (Lipinski definition) is 4. The quantitative estimate of drug-likeness (QED) is 0.854. The molecule has 5 heteroatoms. The summed E-state index contributed by atoms with van der Waals surface area (Å²) in [6.45, 7) is 3.65. The van der Waals surface area contributed by atoms with E-state index in [-0.39, 0.29) is 12.0 Å². The highest BCUT2D eigenvalue weighted by Crippen LogP contribution is 2.24. The number of ether oxygens (including phenoxy) is 1. The summed E-state index contributed by atoms with van der Waals surface area (Å²) in [5.74, 6) is -0.0530. The first-order chi connectivity index (χ1) is 10.7. The molecule has 1 atom stereocenters. The maximum absolute atomic E-state index is 12.5. The first-order valence-electron chi connectivity index (χ1n) is 7.48. The van der Waals surface area contributed by atoms with E-state index in [0.717, 1.165) is 17.7 Å². The lowest BCUT2D eigenvalue weighted by Gasteiger charge is -2.19. The van der Waals surface area contributed by atoms with Gasteiger partial charge in [-0.05, 0) is 25.0 Å². The summed E-state index contributed by atoms with van der Waals surface area (Å²) in [6, 6.07) is 11.9. The van der Waals surface area contributed by atoms with Gasteiger partial charge in [-0.2, -0.15) is 0 Å². The Balaban J connectivity index is 1.69. The van der Waals surface area contributed by atoms with Crippen LogP contribution in [0.4, 0.5) is 0 Å². The fourth-order valence-electron chi connectivity index (χ4n) is 2.64. The Labute approximate surface area is 130 Å². The lowest BCUT2D eigenvalue weighted by Crippen LogP contribution is -2.33. The van der Waals surface area contributed by atoms with Crippen LogP contribution >= 0.6 is 0 Å². The van der Waals surface area contributed by atoms with Crippen molar-refractivity contribution in [2.24, 2.45) is 0 Å². The van der Waals surface area contributed by atoms with E-state index in [1.807, 2.05) is 30.0 Å². The molecule has 1 saturated heterocycles. The van der Waals surface area contributed by atoms with Gasteiger partial charge in [-0.3, -0.25) is 4.79 Å². The van der Waals surface area contributed by atoms with E-state index in [9.17, 15) is 4.79 Å². The number of carbonyl (C=O) groups is 1. The predicted molar refractivity (Wildman–Crippen MR) is 82.4 cm³/mol. The lowest BCUT2D eigenvalue weighted by molar-refractivity contribution is 0.0583. The van der Waals surface area contributed by atoms with Gasteiger partial charge in [-0.1, -0.05) is 30.3 Å². The zero-order valence-corrected chi connectivity index (χ0v) is 12.6. The predicted octanol–water partition coefficient (Wildman–Crippen LogP) is 2.39. The fourth-order valence-corrected chi connectivity index (χ4v) is 2.64. The monoisotopic (exact) mass is 297 g/mol. The number of hydrogen-bond donors (Lipinski definition) is 0. The van der Waals surface area contributed by atoms with Crippen LogP contribution in [0.2, 0.25) is 0 Å². The topological polar surface area (TPSA) is 55.3 Å². The van der Waals surface area contributed by atoms with Gasteiger partial charge in [0.25, 0.3) is 5.91 Å². The van der Waals surface area contributed by atoms with Crippen molar-refractivity contribution in [3.05, 3.63) is 59.7 Å². The minimum absolute atomic E-state index is 0.0473. The van der Waals surface area contributed by atoms with Crippen molar-refractivity contribution in [1.29, 1.82) is 0 Å². The summed E-state index contributed by atoms with van der Waals surface area (Å²) < 4.78 is 5.90. The third kappa shape index (κ3) is 3.31. The van der Waals surface area contributed by atoms with E-state index in [2.05, 4.69) is 22.1 Å². The van der Waals surface area contributed by atoms with Crippen molar-refractivity contribution in [2.75, 3.05) is 19.7 Å². The molecular formula is C17H19N3O2. The summed E-state index contributed by atoms with van der Waals surface area (Å²) in [7, 11) is 0. The Morgan fingerprint density at radius 1 is 1.23 bits per heavy atom. The van der Waals surface area contributed by atoms with Crippen molar-refractivity contribution in [3.8, 4) is 0 Å². The third-order valence-electron chi connectivity index (χ3n) is 3.82. The van der Waals surface area contributed by atoms with Crippen LogP contribution in [0.1, 0.15) is 34.3 Å². The van der Waals surface area contributed by atoms with Gasteiger partial charge in [-0.25, -0.2) is 9.97 Å². The van der Waals surface area contributed by atoms with Crippen molar-refractivity contribution < 1.29 is 9.53 Å². The fraction of sp³-hybridized carbons (Fsp3) is 0.353. The third-order valence-corrected chi connectivity index (χ3v) is 3.82. The van der Waals surface area contributed by atoms with E-state index < -0.39 is 0 Å². The number of aryl methyl sites for hydroxylation is 1. The van der Waals surface area contributed by atoms with Crippen molar-refractivity contribution >= 4 is 5.91 Å². The number of amides is 1. The molecule has 114 valence electrons. The zero-order chi connectivity index (χ0) is 15.4. The van der Waals surface area contributed by atoms with Crippen LogP contribution < -0.4 is 0 Å². The summed E-state index contributed by atoms with van der Waals surface area (Å²) in [4.78, 5) is 22.4. The number of nitrogens with zero attached hydrogens (tertiary/aromatic N) is 3. The largest absolute Gasteiger partial charge is 0.372 e. The second-order valence-electron chi connectivity index (χ2n) is 5.40. The highest BCUT2D eigenvalue weighted by molar-refractivity contribution is 5.92. The molecule has 0 radical (unpaired) electrons. The molecule has 1 aliphatic heterocycles. The average molecular weight is 297 g/mol. The van der Waals surface area contributed by atoms with Crippen LogP contribution in [0.5, 0.6) is 0 Å². The number of rotatable bonds is 2. The molecule has 1 aromatic carbocycles. The molecule has 3 rings (SSSR count). The molecule has 0 aliphatic carbocycles. The minimum Gasteiger partial charge on any atom is -0.372 e. The zero-order valence-electron chi connectivity index (χ0n) is 12.6. The Hall–Kier alpha value is -2.27. The molecule has 22 heavy (non-hydrogen) atoms. The van der Waals surface area contributed by atoms with E-state index in [1.165, 1.54) is 6.33 Å². The van der Waals surface area contributed by atoms with Crippen LogP contribution in [-0.4, -0.2) is 40.5 Å². The number of benzene rings is 1. The molecule has 0 saturated carbocycles. The van der Waals surface area contributed by atoms with E-state index >= 15 is 0 Å². The first kappa shape index (κ1) is 14.7. The van der Waals surface area contributed by atoms with Crippen molar-refractivity contribution in [1.82, 2.24) is 14.9 Å². The normalized spacial score (nSPS) is 18.8. The van der Waals surface area contributed by atoms with Crippen LogP contribution in [0.15, 0.2) is 42.7 Å². The second kappa shape index (κ2) is 6.66. The van der Waals surface area contributed by atoms with Gasteiger partial charge in [-0.15, -0.1) is 0 Å². The molecule has 2 aromatic rings. The molecule has 2 heterocycles. The molecule has 0 N–H and O–H groups in total. The maximum Gasteiger partial charge on any atom is 0.272 e. The number of carbonyl (C=O) groups excluding carboxylic acids is 1. The lowest BCUT2D eigenvalue weighted by atomic mass is 10.1. The Bertz CT molecular complexity index is 645. The average Bonchev–Trinajstić information content (AvgIpc) is 2.81. The standard InChI is InChI=1S/C17H19N3O2/c1-13-11-15(19-12-18-13)17(21)20-8-7-16(22-10-9-20)14-5-3-2-4-6-14/h2-6,11-12,16H,7-10H2,1H3. The summed E-state index contributed by atoms with van der Waals surface area (Å²) in [5.41, 5.74) is 2.41. The Morgan fingerprint density at radius 2 is 2.05 bits per heavy atom. The summed E-state index contributed by atoms with van der Waals surface area (Å²) in [5, 5.41) is 0. The SMILES string of the molecule is Cc1cc(C(=O)N2CCOC(c3ccccc3)CC2)ncn1. The molecule has 0 bridgehead atoms. The van der Waals surface area contributed by atoms with Gasteiger partial charge in [0.05, 0.1) is 12.7 Å². The summed E-state index contributed by atoms with van der Waals surface area (Å²) in [6.07, 6.45) is 2.27. The first-order valence-corrected chi connectivity index (χ1v) is 7.48. The molecule has 1 amide bonds.